The molecule has 0 radical (unpaired) electrons. The summed E-state index contributed by atoms with van der Waals surface area (Å²) in [5, 5.41) is 2.59. The van der Waals surface area contributed by atoms with Crippen molar-refractivity contribution in [1.29, 1.82) is 0 Å². The van der Waals surface area contributed by atoms with E-state index in [1.54, 1.807) is 0 Å². The number of hydrogen-bond donors (Lipinski definition) is 0. The molecule has 18 heavy (non-hydrogen) atoms. The molecule has 0 saturated heterocycles. The minimum atomic E-state index is 0.733. The zero-order valence-corrected chi connectivity index (χ0v) is 11.2. The molecule has 2 aromatic carbocycles. The quantitative estimate of drug-likeness (QED) is 0.625. The second-order valence-electron chi connectivity index (χ2n) is 4.79. The van der Waals surface area contributed by atoms with E-state index in [9.17, 15) is 0 Å². The first-order valence-corrected chi connectivity index (χ1v) is 6.95. The van der Waals surface area contributed by atoms with Crippen molar-refractivity contribution < 1.29 is 4.74 Å². The minimum absolute atomic E-state index is 0.733. The molecule has 0 aliphatic heterocycles. The third-order valence-electron chi connectivity index (χ3n) is 3.22. The second kappa shape index (κ2) is 7.17. The van der Waals surface area contributed by atoms with Crippen molar-refractivity contribution in [2.24, 2.45) is 0 Å². The van der Waals surface area contributed by atoms with Gasteiger partial charge in [-0.3, -0.25) is 0 Å². The summed E-state index contributed by atoms with van der Waals surface area (Å²) in [4.78, 5) is 0. The van der Waals surface area contributed by atoms with Gasteiger partial charge in [0.25, 0.3) is 0 Å². The molecule has 0 aromatic heterocycles. The van der Waals surface area contributed by atoms with Crippen LogP contribution in [0.4, 0.5) is 0 Å². The zero-order valence-electron chi connectivity index (χ0n) is 11.2. The predicted octanol–water partition coefficient (Wildman–Crippen LogP) is 4.94. The first-order valence-electron chi connectivity index (χ1n) is 6.95. The standard InChI is InChI=1S/C17H22O/c1-2-3-4-7-12-18-14-15-10-11-16-8-5-6-9-17(16)13-15/h5-6,8-11,13H,2-4,7,12,14H2,1H3. The monoisotopic (exact) mass is 242 g/mol. The maximum atomic E-state index is 5.72. The SMILES string of the molecule is CCCCCCOCc1ccc2ccccc2c1. The number of unbranched alkanes of at least 4 members (excludes halogenated alkanes) is 3. The highest BCUT2D eigenvalue weighted by atomic mass is 16.5. The Morgan fingerprint density at radius 2 is 1.72 bits per heavy atom. The Morgan fingerprint density at radius 1 is 0.889 bits per heavy atom. The first kappa shape index (κ1) is 13.1. The molecule has 0 atom stereocenters. The van der Waals surface area contributed by atoms with Gasteiger partial charge in [0.2, 0.25) is 0 Å². The third-order valence-corrected chi connectivity index (χ3v) is 3.22. The molecule has 1 nitrogen and oxygen atoms in total. The van der Waals surface area contributed by atoms with Gasteiger partial charge in [-0.25, -0.2) is 0 Å². The summed E-state index contributed by atoms with van der Waals surface area (Å²) in [7, 11) is 0. The maximum Gasteiger partial charge on any atom is 0.0717 e. The molecule has 96 valence electrons. The van der Waals surface area contributed by atoms with E-state index in [4.69, 9.17) is 4.74 Å². The van der Waals surface area contributed by atoms with Crippen LogP contribution < -0.4 is 0 Å². The van der Waals surface area contributed by atoms with Crippen molar-refractivity contribution in [1.82, 2.24) is 0 Å². The van der Waals surface area contributed by atoms with Crippen molar-refractivity contribution in [3.8, 4) is 0 Å². The van der Waals surface area contributed by atoms with Crippen LogP contribution in [0.25, 0.3) is 10.8 Å². The molecule has 0 fully saturated rings. The van der Waals surface area contributed by atoms with E-state index in [-0.39, 0.29) is 0 Å². The van der Waals surface area contributed by atoms with Crippen molar-refractivity contribution in [3.63, 3.8) is 0 Å². The lowest BCUT2D eigenvalue weighted by Crippen LogP contribution is -1.95. The predicted molar refractivity (Wildman–Crippen MR) is 77.7 cm³/mol. The number of benzene rings is 2. The summed E-state index contributed by atoms with van der Waals surface area (Å²) in [5.41, 5.74) is 1.27. The molecule has 0 aliphatic rings. The van der Waals surface area contributed by atoms with Gasteiger partial charge in [-0.15, -0.1) is 0 Å². The van der Waals surface area contributed by atoms with Gasteiger partial charge < -0.3 is 4.74 Å². The normalized spacial score (nSPS) is 10.9. The highest BCUT2D eigenvalue weighted by Crippen LogP contribution is 2.16. The summed E-state index contributed by atoms with van der Waals surface area (Å²) in [6.45, 7) is 3.85. The van der Waals surface area contributed by atoms with E-state index in [1.807, 2.05) is 0 Å². The lowest BCUT2D eigenvalue weighted by Gasteiger charge is -2.05. The van der Waals surface area contributed by atoms with Gasteiger partial charge in [0, 0.05) is 6.61 Å². The number of rotatable bonds is 7. The fraction of sp³-hybridized carbons (Fsp3) is 0.412. The third kappa shape index (κ3) is 3.85. The van der Waals surface area contributed by atoms with E-state index in [0.29, 0.717) is 0 Å². The Bertz CT molecular complexity index is 476. The largest absolute Gasteiger partial charge is 0.377 e. The smallest absolute Gasteiger partial charge is 0.0717 e. The highest BCUT2D eigenvalue weighted by molar-refractivity contribution is 5.82. The summed E-state index contributed by atoms with van der Waals surface area (Å²) >= 11 is 0. The van der Waals surface area contributed by atoms with E-state index < -0.39 is 0 Å². The van der Waals surface area contributed by atoms with E-state index in [0.717, 1.165) is 13.2 Å². The van der Waals surface area contributed by atoms with Crippen molar-refractivity contribution >= 4 is 10.8 Å². The Labute approximate surface area is 110 Å². The number of hydrogen-bond acceptors (Lipinski definition) is 1. The van der Waals surface area contributed by atoms with Crippen molar-refractivity contribution in [3.05, 3.63) is 48.0 Å². The van der Waals surface area contributed by atoms with Gasteiger partial charge in [-0.2, -0.15) is 0 Å². The molecule has 0 amide bonds. The van der Waals surface area contributed by atoms with Crippen LogP contribution >= 0.6 is 0 Å². The molecular formula is C17H22O. The molecule has 0 bridgehead atoms. The van der Waals surface area contributed by atoms with Crippen LogP contribution in [0.2, 0.25) is 0 Å². The molecule has 0 spiro atoms. The molecule has 0 saturated carbocycles. The Balaban J connectivity index is 1.81. The van der Waals surface area contributed by atoms with E-state index in [2.05, 4.69) is 49.4 Å². The Morgan fingerprint density at radius 3 is 2.56 bits per heavy atom. The van der Waals surface area contributed by atoms with Crippen LogP contribution in [0.3, 0.4) is 0 Å². The van der Waals surface area contributed by atoms with Crippen LogP contribution in [-0.2, 0) is 11.3 Å². The molecule has 0 heterocycles. The fourth-order valence-electron chi connectivity index (χ4n) is 2.15. The summed E-state index contributed by atoms with van der Waals surface area (Å²) in [5.74, 6) is 0. The summed E-state index contributed by atoms with van der Waals surface area (Å²) in [6.07, 6.45) is 5.07. The Hall–Kier alpha value is -1.34. The Kier molecular flexibility index (Phi) is 5.22. The maximum absolute atomic E-state index is 5.72. The van der Waals surface area contributed by atoms with Gasteiger partial charge in [0.15, 0.2) is 0 Å². The minimum Gasteiger partial charge on any atom is -0.377 e. The van der Waals surface area contributed by atoms with Crippen LogP contribution in [-0.4, -0.2) is 6.61 Å². The highest BCUT2D eigenvalue weighted by Gasteiger charge is 1.96. The van der Waals surface area contributed by atoms with Gasteiger partial charge in [-0.1, -0.05) is 62.6 Å². The zero-order chi connectivity index (χ0) is 12.6. The molecule has 0 unspecified atom stereocenters. The average molecular weight is 242 g/mol. The van der Waals surface area contributed by atoms with Crippen LogP contribution in [0.1, 0.15) is 38.2 Å². The lowest BCUT2D eigenvalue weighted by atomic mass is 10.1. The summed E-state index contributed by atoms with van der Waals surface area (Å²) in [6, 6.07) is 15.0. The second-order valence-corrected chi connectivity index (χ2v) is 4.79. The molecule has 1 heteroatoms. The van der Waals surface area contributed by atoms with Crippen LogP contribution in [0, 0.1) is 0 Å². The number of ether oxygens (including phenoxy) is 1. The van der Waals surface area contributed by atoms with Crippen LogP contribution in [0.15, 0.2) is 42.5 Å². The first-order chi connectivity index (χ1) is 8.90. The molecular weight excluding hydrogens is 220 g/mol. The molecule has 2 rings (SSSR count). The van der Waals surface area contributed by atoms with Crippen molar-refractivity contribution in [2.75, 3.05) is 6.61 Å². The summed E-state index contributed by atoms with van der Waals surface area (Å²) < 4.78 is 5.72. The fourth-order valence-corrected chi connectivity index (χ4v) is 2.15. The van der Waals surface area contributed by atoms with Crippen molar-refractivity contribution in [2.45, 2.75) is 39.2 Å². The van der Waals surface area contributed by atoms with E-state index >= 15 is 0 Å². The average Bonchev–Trinajstić information content (AvgIpc) is 2.42. The molecule has 0 N–H and O–H groups in total. The topological polar surface area (TPSA) is 9.23 Å². The molecule has 2 aromatic rings. The van der Waals surface area contributed by atoms with Gasteiger partial charge in [0.05, 0.1) is 6.61 Å². The van der Waals surface area contributed by atoms with Gasteiger partial charge >= 0.3 is 0 Å². The van der Waals surface area contributed by atoms with Crippen LogP contribution in [0.5, 0.6) is 0 Å². The van der Waals surface area contributed by atoms with Gasteiger partial charge in [-0.05, 0) is 28.8 Å². The van der Waals surface area contributed by atoms with E-state index in [1.165, 1.54) is 42.0 Å². The van der Waals surface area contributed by atoms with Gasteiger partial charge in [0.1, 0.15) is 0 Å². The lowest BCUT2D eigenvalue weighted by molar-refractivity contribution is 0.117. The number of fused-ring (bicyclic) bond motifs is 1. The molecule has 0 aliphatic carbocycles.